The lowest BCUT2D eigenvalue weighted by molar-refractivity contribution is 0.302. The Labute approximate surface area is 186 Å². The molecule has 0 unspecified atom stereocenters. The Morgan fingerprint density at radius 1 is 0.633 bits per heavy atom. The Morgan fingerprint density at radius 3 is 2.03 bits per heavy atom. The van der Waals surface area contributed by atoms with Crippen LogP contribution in [0.25, 0.3) is 10.8 Å². The molecule has 1 aliphatic carbocycles. The molecule has 0 bridgehead atoms. The molecule has 0 N–H and O–H groups in total. The first-order valence-corrected chi connectivity index (χ1v) is 13.3. The molecule has 30 heavy (non-hydrogen) atoms. The zero-order valence-electron chi connectivity index (χ0n) is 19.9. The van der Waals surface area contributed by atoms with Crippen LogP contribution in [0.15, 0.2) is 36.4 Å². The maximum atomic E-state index is 2.50. The van der Waals surface area contributed by atoms with Crippen LogP contribution in [0.2, 0.25) is 0 Å². The second-order valence-corrected chi connectivity index (χ2v) is 10.0. The molecule has 1 fully saturated rings. The minimum Gasteiger partial charge on any atom is -0.0654 e. The number of aryl methyl sites for hydroxylation is 1. The minimum atomic E-state index is 0.795. The van der Waals surface area contributed by atoms with Gasteiger partial charge in [0.2, 0.25) is 0 Å². The lowest BCUT2D eigenvalue weighted by Gasteiger charge is -2.29. The second kappa shape index (κ2) is 13.2. The van der Waals surface area contributed by atoms with Crippen molar-refractivity contribution in [2.75, 3.05) is 0 Å². The fraction of sp³-hybridized carbons (Fsp3) is 0.667. The topological polar surface area (TPSA) is 0 Å². The molecule has 0 heteroatoms. The molecule has 0 aliphatic heterocycles. The number of benzene rings is 2. The average Bonchev–Trinajstić information content (AvgIpc) is 2.79. The summed E-state index contributed by atoms with van der Waals surface area (Å²) >= 11 is 0. The van der Waals surface area contributed by atoms with Gasteiger partial charge in [0.15, 0.2) is 0 Å². The normalized spacial score (nSPS) is 19.4. The van der Waals surface area contributed by atoms with Crippen LogP contribution < -0.4 is 0 Å². The fourth-order valence-corrected chi connectivity index (χ4v) is 5.48. The maximum absolute atomic E-state index is 2.50. The van der Waals surface area contributed by atoms with Crippen molar-refractivity contribution in [2.45, 2.75) is 122 Å². The van der Waals surface area contributed by atoms with Gasteiger partial charge in [0.25, 0.3) is 0 Å². The summed E-state index contributed by atoms with van der Waals surface area (Å²) in [5.41, 5.74) is 3.12. The maximum Gasteiger partial charge on any atom is -0.0162 e. The lowest BCUT2D eigenvalue weighted by Crippen LogP contribution is -2.13. The van der Waals surface area contributed by atoms with Crippen LogP contribution in [0.1, 0.15) is 127 Å². The van der Waals surface area contributed by atoms with Gasteiger partial charge < -0.3 is 0 Å². The van der Waals surface area contributed by atoms with Gasteiger partial charge in [0, 0.05) is 0 Å². The van der Waals surface area contributed by atoms with Crippen molar-refractivity contribution >= 4 is 10.8 Å². The molecule has 0 spiro atoms. The van der Waals surface area contributed by atoms with Crippen molar-refractivity contribution in [3.05, 3.63) is 47.5 Å². The standard InChI is InChI=1S/C30H46/c1-3-5-7-9-10-12-14-26-17-20-30-24-29(22-21-28(30)23-26)27-18-15-25(16-19-27)13-11-8-6-4-2/h17,20-25,27H,3-16,18-19H2,1-2H3. The van der Waals surface area contributed by atoms with E-state index in [4.69, 9.17) is 0 Å². The van der Waals surface area contributed by atoms with E-state index in [1.807, 2.05) is 0 Å². The van der Waals surface area contributed by atoms with Crippen LogP contribution in [0.5, 0.6) is 0 Å². The van der Waals surface area contributed by atoms with Crippen LogP contribution >= 0.6 is 0 Å². The highest BCUT2D eigenvalue weighted by atomic mass is 14.3. The van der Waals surface area contributed by atoms with Crippen LogP contribution in [0.3, 0.4) is 0 Å². The predicted octanol–water partition coefficient (Wildman–Crippen LogP) is 9.99. The van der Waals surface area contributed by atoms with Crippen LogP contribution in [-0.2, 0) is 6.42 Å². The van der Waals surface area contributed by atoms with Crippen molar-refractivity contribution in [1.82, 2.24) is 0 Å². The Kier molecular flexibility index (Phi) is 10.3. The van der Waals surface area contributed by atoms with E-state index in [0.29, 0.717) is 0 Å². The molecule has 0 radical (unpaired) electrons. The van der Waals surface area contributed by atoms with Gasteiger partial charge in [-0.1, -0.05) is 114 Å². The second-order valence-electron chi connectivity index (χ2n) is 10.0. The predicted molar refractivity (Wildman–Crippen MR) is 134 cm³/mol. The van der Waals surface area contributed by atoms with E-state index < -0.39 is 0 Å². The van der Waals surface area contributed by atoms with Gasteiger partial charge in [-0.2, -0.15) is 0 Å². The third kappa shape index (κ3) is 7.44. The first-order valence-electron chi connectivity index (χ1n) is 13.3. The van der Waals surface area contributed by atoms with Gasteiger partial charge in [-0.15, -0.1) is 0 Å². The Balaban J connectivity index is 1.46. The number of hydrogen-bond acceptors (Lipinski definition) is 0. The quantitative estimate of drug-likeness (QED) is 0.290. The largest absolute Gasteiger partial charge is 0.0654 e. The summed E-state index contributed by atoms with van der Waals surface area (Å²) < 4.78 is 0. The molecule has 2 aromatic carbocycles. The Hall–Kier alpha value is -1.30. The molecule has 0 amide bonds. The van der Waals surface area contributed by atoms with E-state index in [-0.39, 0.29) is 0 Å². The van der Waals surface area contributed by atoms with Gasteiger partial charge in [-0.05, 0) is 72.3 Å². The highest BCUT2D eigenvalue weighted by molar-refractivity contribution is 5.84. The highest BCUT2D eigenvalue weighted by Crippen LogP contribution is 2.38. The summed E-state index contributed by atoms with van der Waals surface area (Å²) in [7, 11) is 0. The summed E-state index contributed by atoms with van der Waals surface area (Å²) in [6, 6.07) is 14.5. The first kappa shape index (κ1) is 23.4. The molecule has 0 heterocycles. The summed E-state index contributed by atoms with van der Waals surface area (Å²) in [4.78, 5) is 0. The molecular weight excluding hydrogens is 360 g/mol. The van der Waals surface area contributed by atoms with Crippen molar-refractivity contribution in [3.63, 3.8) is 0 Å². The molecule has 1 aliphatic rings. The zero-order chi connectivity index (χ0) is 21.0. The van der Waals surface area contributed by atoms with Crippen LogP contribution in [0, 0.1) is 5.92 Å². The zero-order valence-corrected chi connectivity index (χ0v) is 19.9. The van der Waals surface area contributed by atoms with Gasteiger partial charge in [-0.25, -0.2) is 0 Å². The van der Waals surface area contributed by atoms with Crippen molar-refractivity contribution in [3.8, 4) is 0 Å². The van der Waals surface area contributed by atoms with Crippen molar-refractivity contribution in [2.24, 2.45) is 5.92 Å². The first-order chi connectivity index (χ1) is 14.8. The summed E-state index contributed by atoms with van der Waals surface area (Å²) in [5.74, 6) is 1.80. The van der Waals surface area contributed by atoms with E-state index in [1.165, 1.54) is 119 Å². The number of rotatable bonds is 13. The van der Waals surface area contributed by atoms with Gasteiger partial charge in [0.1, 0.15) is 0 Å². The molecule has 0 aromatic heterocycles. The van der Waals surface area contributed by atoms with E-state index >= 15 is 0 Å². The smallest absolute Gasteiger partial charge is 0.0162 e. The van der Waals surface area contributed by atoms with Crippen molar-refractivity contribution in [1.29, 1.82) is 0 Å². The van der Waals surface area contributed by atoms with Crippen LogP contribution in [0.4, 0.5) is 0 Å². The molecule has 2 aromatic rings. The number of unbranched alkanes of at least 4 members (excludes halogenated alkanes) is 8. The van der Waals surface area contributed by atoms with Gasteiger partial charge in [-0.3, -0.25) is 0 Å². The number of fused-ring (bicyclic) bond motifs is 1. The van der Waals surface area contributed by atoms with E-state index in [2.05, 4.69) is 50.2 Å². The third-order valence-electron chi connectivity index (χ3n) is 7.53. The molecule has 0 atom stereocenters. The molecular formula is C30H46. The molecule has 1 saturated carbocycles. The third-order valence-corrected chi connectivity index (χ3v) is 7.53. The van der Waals surface area contributed by atoms with E-state index in [0.717, 1.165) is 11.8 Å². The monoisotopic (exact) mass is 406 g/mol. The summed E-state index contributed by atoms with van der Waals surface area (Å²) in [6.45, 7) is 4.60. The SMILES string of the molecule is CCCCCCCCc1ccc2cc(C3CCC(CCCCCC)CC3)ccc2c1. The van der Waals surface area contributed by atoms with Gasteiger partial charge in [0.05, 0.1) is 0 Å². The molecule has 0 nitrogen and oxygen atoms in total. The molecule has 166 valence electrons. The summed E-state index contributed by atoms with van der Waals surface area (Å²) in [5, 5.41) is 2.88. The minimum absolute atomic E-state index is 0.795. The average molecular weight is 407 g/mol. The molecule has 0 saturated heterocycles. The number of hydrogen-bond donors (Lipinski definition) is 0. The fourth-order valence-electron chi connectivity index (χ4n) is 5.48. The molecule has 3 rings (SSSR count). The van der Waals surface area contributed by atoms with Crippen LogP contribution in [-0.4, -0.2) is 0 Å². The summed E-state index contributed by atoms with van der Waals surface area (Å²) in [6.07, 6.45) is 22.4. The Morgan fingerprint density at radius 2 is 1.27 bits per heavy atom. The lowest BCUT2D eigenvalue weighted by atomic mass is 9.76. The van der Waals surface area contributed by atoms with Gasteiger partial charge >= 0.3 is 0 Å². The van der Waals surface area contributed by atoms with E-state index in [9.17, 15) is 0 Å². The highest BCUT2D eigenvalue weighted by Gasteiger charge is 2.22. The Bertz CT molecular complexity index is 720. The van der Waals surface area contributed by atoms with Crippen molar-refractivity contribution < 1.29 is 0 Å². The van der Waals surface area contributed by atoms with E-state index in [1.54, 1.807) is 5.56 Å².